The molecule has 0 aromatic carbocycles. The summed E-state index contributed by atoms with van der Waals surface area (Å²) in [6, 6.07) is 4.10. The summed E-state index contributed by atoms with van der Waals surface area (Å²) < 4.78 is 2.11. The number of likely N-dealkylation sites (N-methyl/N-ethyl adjacent to an activating group) is 1. The monoisotopic (exact) mass is 275 g/mol. The van der Waals surface area contributed by atoms with Crippen LogP contribution in [0.2, 0.25) is 0 Å². The quantitative estimate of drug-likeness (QED) is 0.834. The van der Waals surface area contributed by atoms with Crippen molar-refractivity contribution in [2.45, 2.75) is 32.7 Å². The number of nitrogen functional groups attached to an aromatic ring is 1. The van der Waals surface area contributed by atoms with E-state index in [0.29, 0.717) is 5.69 Å². The van der Waals surface area contributed by atoms with Crippen molar-refractivity contribution < 1.29 is 0 Å². The van der Waals surface area contributed by atoms with Crippen LogP contribution in [0.4, 0.5) is 11.5 Å². The Morgan fingerprint density at radius 1 is 1.25 bits per heavy atom. The van der Waals surface area contributed by atoms with Gasteiger partial charge in [-0.3, -0.25) is 0 Å². The zero-order chi connectivity index (χ0) is 14.5. The zero-order valence-electron chi connectivity index (χ0n) is 12.6. The van der Waals surface area contributed by atoms with E-state index < -0.39 is 0 Å². The second-order valence-electron chi connectivity index (χ2n) is 5.57. The van der Waals surface area contributed by atoms with Gasteiger partial charge >= 0.3 is 0 Å². The third-order valence-corrected chi connectivity index (χ3v) is 4.00. The van der Waals surface area contributed by atoms with Crippen LogP contribution in [0.1, 0.15) is 31.9 Å². The van der Waals surface area contributed by atoms with E-state index in [9.17, 15) is 5.26 Å². The van der Waals surface area contributed by atoms with Crippen LogP contribution in [0.25, 0.3) is 0 Å². The summed E-state index contributed by atoms with van der Waals surface area (Å²) in [4.78, 5) is 4.64. The highest BCUT2D eigenvalue weighted by Crippen LogP contribution is 2.29. The SMILES string of the molecule is CCCCCn1c(C#N)cc(N)c1N1CCN(C)CC1. The number of hydrogen-bond donors (Lipinski definition) is 1. The maximum absolute atomic E-state index is 9.30. The first-order valence-corrected chi connectivity index (χ1v) is 7.50. The molecule has 1 aliphatic rings. The van der Waals surface area contributed by atoms with Gasteiger partial charge in [0.1, 0.15) is 17.6 Å². The molecule has 2 N–H and O–H groups in total. The van der Waals surface area contributed by atoms with Crippen LogP contribution >= 0.6 is 0 Å². The molecule has 1 aromatic heterocycles. The molecule has 5 heteroatoms. The number of nitrogens with two attached hydrogens (primary N) is 1. The Bertz CT molecular complexity index is 477. The summed E-state index contributed by atoms with van der Waals surface area (Å²) in [5.74, 6) is 1.05. The van der Waals surface area contributed by atoms with E-state index in [4.69, 9.17) is 5.73 Å². The lowest BCUT2D eigenvalue weighted by Crippen LogP contribution is -2.45. The topological polar surface area (TPSA) is 61.2 Å². The standard InChI is InChI=1S/C15H25N5/c1-3-4-5-6-20-13(12-16)11-14(17)15(20)19-9-7-18(2)8-10-19/h11H,3-10,17H2,1-2H3. The van der Waals surface area contributed by atoms with Gasteiger partial charge in [0.15, 0.2) is 0 Å². The smallest absolute Gasteiger partial charge is 0.133 e. The molecule has 0 unspecified atom stereocenters. The molecule has 5 nitrogen and oxygen atoms in total. The Labute approximate surface area is 121 Å². The van der Waals surface area contributed by atoms with Crippen molar-refractivity contribution in [2.75, 3.05) is 43.9 Å². The average Bonchev–Trinajstić information content (AvgIpc) is 2.76. The molecule has 2 rings (SSSR count). The second-order valence-corrected chi connectivity index (χ2v) is 5.57. The van der Waals surface area contributed by atoms with E-state index in [1.54, 1.807) is 0 Å². The Balaban J connectivity index is 2.22. The predicted octanol–water partition coefficient (Wildman–Crippen LogP) is 1.88. The molecule has 1 aromatic rings. The predicted molar refractivity (Wildman–Crippen MR) is 82.8 cm³/mol. The molecule has 0 saturated carbocycles. The van der Waals surface area contributed by atoms with Crippen molar-refractivity contribution in [3.05, 3.63) is 11.8 Å². The molecule has 0 spiro atoms. The molecule has 0 bridgehead atoms. The van der Waals surface area contributed by atoms with Crippen molar-refractivity contribution in [3.8, 4) is 6.07 Å². The third kappa shape index (κ3) is 3.07. The summed E-state index contributed by atoms with van der Waals surface area (Å²) in [7, 11) is 2.14. The molecule has 0 aliphatic carbocycles. The molecule has 1 aliphatic heterocycles. The van der Waals surface area contributed by atoms with Crippen LogP contribution in [-0.4, -0.2) is 42.7 Å². The minimum Gasteiger partial charge on any atom is -0.396 e. The molecule has 2 heterocycles. The first kappa shape index (κ1) is 14.7. The van der Waals surface area contributed by atoms with Gasteiger partial charge in [0, 0.05) is 32.7 Å². The first-order valence-electron chi connectivity index (χ1n) is 7.50. The number of nitriles is 1. The first-order chi connectivity index (χ1) is 9.67. The maximum Gasteiger partial charge on any atom is 0.133 e. The summed E-state index contributed by atoms with van der Waals surface area (Å²) in [5, 5.41) is 9.30. The van der Waals surface area contributed by atoms with E-state index in [1.165, 1.54) is 12.8 Å². The van der Waals surface area contributed by atoms with Crippen molar-refractivity contribution in [2.24, 2.45) is 0 Å². The van der Waals surface area contributed by atoms with Gasteiger partial charge in [-0.25, -0.2) is 0 Å². The van der Waals surface area contributed by atoms with Gasteiger partial charge < -0.3 is 20.1 Å². The molecule has 0 radical (unpaired) electrons. The lowest BCUT2D eigenvalue weighted by molar-refractivity contribution is 0.311. The number of hydrogen-bond acceptors (Lipinski definition) is 4. The number of unbranched alkanes of at least 4 members (excludes halogenated alkanes) is 2. The molecule has 1 saturated heterocycles. The molecule has 0 amide bonds. The van der Waals surface area contributed by atoms with E-state index in [1.807, 2.05) is 6.07 Å². The highest BCUT2D eigenvalue weighted by Gasteiger charge is 2.22. The van der Waals surface area contributed by atoms with Gasteiger partial charge in [-0.2, -0.15) is 5.26 Å². The molecule has 110 valence electrons. The van der Waals surface area contributed by atoms with Gasteiger partial charge in [-0.05, 0) is 19.5 Å². The lowest BCUT2D eigenvalue weighted by Gasteiger charge is -2.35. The fourth-order valence-corrected chi connectivity index (χ4v) is 2.77. The number of rotatable bonds is 5. The lowest BCUT2D eigenvalue weighted by atomic mass is 10.2. The Morgan fingerprint density at radius 3 is 2.55 bits per heavy atom. The third-order valence-electron chi connectivity index (χ3n) is 4.00. The molecule has 1 fully saturated rings. The largest absolute Gasteiger partial charge is 0.396 e. The molecular weight excluding hydrogens is 250 g/mol. The van der Waals surface area contributed by atoms with Crippen molar-refractivity contribution in [1.82, 2.24) is 9.47 Å². The summed E-state index contributed by atoms with van der Waals surface area (Å²) in [6.45, 7) is 7.11. The summed E-state index contributed by atoms with van der Waals surface area (Å²) in [6.07, 6.45) is 3.47. The van der Waals surface area contributed by atoms with Gasteiger partial charge in [0.05, 0.1) is 5.69 Å². The van der Waals surface area contributed by atoms with E-state index in [2.05, 4.69) is 34.4 Å². The van der Waals surface area contributed by atoms with Crippen molar-refractivity contribution in [1.29, 1.82) is 5.26 Å². The fourth-order valence-electron chi connectivity index (χ4n) is 2.77. The number of aromatic nitrogens is 1. The average molecular weight is 275 g/mol. The Kier molecular flexibility index (Phi) is 4.91. The number of piperazine rings is 1. The second kappa shape index (κ2) is 6.67. The van der Waals surface area contributed by atoms with Crippen LogP contribution in [0, 0.1) is 11.3 Å². The van der Waals surface area contributed by atoms with Crippen LogP contribution in [0.5, 0.6) is 0 Å². The zero-order valence-corrected chi connectivity index (χ0v) is 12.6. The van der Waals surface area contributed by atoms with Gasteiger partial charge in [0.25, 0.3) is 0 Å². The molecule has 20 heavy (non-hydrogen) atoms. The molecule has 0 atom stereocenters. The minimum atomic E-state index is 0.688. The van der Waals surface area contributed by atoms with Crippen molar-refractivity contribution >= 4 is 11.5 Å². The van der Waals surface area contributed by atoms with Crippen LogP contribution in [-0.2, 0) is 6.54 Å². The van der Waals surface area contributed by atoms with Gasteiger partial charge in [0.2, 0.25) is 0 Å². The van der Waals surface area contributed by atoms with E-state index in [-0.39, 0.29) is 0 Å². The van der Waals surface area contributed by atoms with Gasteiger partial charge in [-0.15, -0.1) is 0 Å². The summed E-state index contributed by atoms with van der Waals surface area (Å²) >= 11 is 0. The van der Waals surface area contributed by atoms with Crippen LogP contribution < -0.4 is 10.6 Å². The number of nitrogens with zero attached hydrogens (tertiary/aromatic N) is 4. The van der Waals surface area contributed by atoms with Crippen LogP contribution in [0.3, 0.4) is 0 Å². The Hall–Kier alpha value is -1.67. The van der Waals surface area contributed by atoms with Gasteiger partial charge in [-0.1, -0.05) is 19.8 Å². The van der Waals surface area contributed by atoms with E-state index >= 15 is 0 Å². The van der Waals surface area contributed by atoms with Crippen LogP contribution in [0.15, 0.2) is 6.07 Å². The van der Waals surface area contributed by atoms with E-state index in [0.717, 1.165) is 50.6 Å². The minimum absolute atomic E-state index is 0.688. The Morgan fingerprint density at radius 2 is 1.95 bits per heavy atom. The highest BCUT2D eigenvalue weighted by atomic mass is 15.3. The molecular formula is C15H25N5. The normalized spacial score (nSPS) is 16.4. The van der Waals surface area contributed by atoms with Crippen molar-refractivity contribution in [3.63, 3.8) is 0 Å². The highest BCUT2D eigenvalue weighted by molar-refractivity contribution is 5.68. The maximum atomic E-state index is 9.30. The fraction of sp³-hybridized carbons (Fsp3) is 0.667. The number of anilines is 2. The summed E-state index contributed by atoms with van der Waals surface area (Å²) in [5.41, 5.74) is 7.59.